The standard InChI is InChI=1S/C14H30N2O5S/c1-12(2)14(17)5-8-20-10-7-16-22(18,19)11-21-9-6-15-13(3)4/h12-13,15-16H,5-11H2,1-4H3. The highest BCUT2D eigenvalue weighted by molar-refractivity contribution is 7.89. The van der Waals surface area contributed by atoms with Gasteiger partial charge in [0.25, 0.3) is 0 Å². The fraction of sp³-hybridized carbons (Fsp3) is 0.929. The molecule has 0 aliphatic rings. The first kappa shape index (κ1) is 21.5. The molecule has 0 saturated heterocycles. The first-order valence-electron chi connectivity index (χ1n) is 7.63. The summed E-state index contributed by atoms with van der Waals surface area (Å²) in [6.45, 7) is 9.37. The van der Waals surface area contributed by atoms with Crippen LogP contribution in [0.4, 0.5) is 0 Å². The lowest BCUT2D eigenvalue weighted by molar-refractivity contribution is -0.122. The first-order valence-corrected chi connectivity index (χ1v) is 9.28. The molecule has 0 rings (SSSR count). The Morgan fingerprint density at radius 1 is 1.00 bits per heavy atom. The van der Waals surface area contributed by atoms with Gasteiger partial charge in [-0.1, -0.05) is 27.7 Å². The van der Waals surface area contributed by atoms with Crippen LogP contribution in [0.5, 0.6) is 0 Å². The van der Waals surface area contributed by atoms with Crippen LogP contribution in [-0.2, 0) is 24.3 Å². The van der Waals surface area contributed by atoms with E-state index in [2.05, 4.69) is 10.0 Å². The Balaban J connectivity index is 3.58. The van der Waals surface area contributed by atoms with Crippen molar-refractivity contribution in [2.75, 3.05) is 38.8 Å². The van der Waals surface area contributed by atoms with Crippen LogP contribution in [0.3, 0.4) is 0 Å². The Labute approximate surface area is 134 Å². The highest BCUT2D eigenvalue weighted by Gasteiger charge is 2.10. The van der Waals surface area contributed by atoms with Gasteiger partial charge >= 0.3 is 0 Å². The number of sulfonamides is 1. The second kappa shape index (κ2) is 12.0. The molecule has 22 heavy (non-hydrogen) atoms. The normalized spacial score (nSPS) is 12.3. The van der Waals surface area contributed by atoms with E-state index in [0.717, 1.165) is 0 Å². The molecule has 2 N–H and O–H groups in total. The SMILES string of the molecule is CC(C)NCCOCS(=O)(=O)NCCOCCC(=O)C(C)C. The van der Waals surface area contributed by atoms with E-state index >= 15 is 0 Å². The van der Waals surface area contributed by atoms with E-state index in [9.17, 15) is 13.2 Å². The molecule has 0 fully saturated rings. The predicted octanol–water partition coefficient (Wildman–Crippen LogP) is 0.510. The van der Waals surface area contributed by atoms with Crippen molar-refractivity contribution in [2.45, 2.75) is 40.2 Å². The van der Waals surface area contributed by atoms with Gasteiger partial charge in [-0.3, -0.25) is 4.79 Å². The summed E-state index contributed by atoms with van der Waals surface area (Å²) in [5.41, 5.74) is 0. The van der Waals surface area contributed by atoms with Crippen LogP contribution < -0.4 is 10.0 Å². The number of carbonyl (C=O) groups is 1. The summed E-state index contributed by atoms with van der Waals surface area (Å²) >= 11 is 0. The summed E-state index contributed by atoms with van der Waals surface area (Å²) in [5.74, 6) is -0.216. The van der Waals surface area contributed by atoms with E-state index in [-0.39, 0.29) is 30.8 Å². The van der Waals surface area contributed by atoms with Crippen molar-refractivity contribution in [1.29, 1.82) is 0 Å². The van der Waals surface area contributed by atoms with Crippen LogP contribution in [-0.4, -0.2) is 59.1 Å². The number of rotatable bonds is 14. The third-order valence-corrected chi connectivity index (χ3v) is 3.86. The summed E-state index contributed by atoms with van der Waals surface area (Å²) in [6, 6.07) is 0.345. The number of ether oxygens (including phenoxy) is 2. The molecule has 0 aromatic rings. The molecule has 0 aliphatic heterocycles. The summed E-state index contributed by atoms with van der Waals surface area (Å²) in [7, 11) is -3.45. The van der Waals surface area contributed by atoms with Crippen molar-refractivity contribution >= 4 is 15.8 Å². The molecule has 0 aliphatic carbocycles. The smallest absolute Gasteiger partial charge is 0.235 e. The van der Waals surface area contributed by atoms with E-state index < -0.39 is 10.0 Å². The zero-order valence-corrected chi connectivity index (χ0v) is 14.9. The van der Waals surface area contributed by atoms with Crippen LogP contribution >= 0.6 is 0 Å². The van der Waals surface area contributed by atoms with Gasteiger partial charge in [-0.05, 0) is 0 Å². The monoisotopic (exact) mass is 338 g/mol. The minimum atomic E-state index is -3.45. The van der Waals surface area contributed by atoms with Crippen molar-refractivity contribution in [1.82, 2.24) is 10.0 Å². The third kappa shape index (κ3) is 13.1. The maximum Gasteiger partial charge on any atom is 0.235 e. The maximum absolute atomic E-state index is 11.6. The van der Waals surface area contributed by atoms with Crippen LogP contribution in [0.25, 0.3) is 0 Å². The Morgan fingerprint density at radius 3 is 2.23 bits per heavy atom. The predicted molar refractivity (Wildman–Crippen MR) is 86.2 cm³/mol. The van der Waals surface area contributed by atoms with E-state index in [4.69, 9.17) is 9.47 Å². The van der Waals surface area contributed by atoms with Crippen LogP contribution in [0, 0.1) is 5.92 Å². The molecule has 0 amide bonds. The lowest BCUT2D eigenvalue weighted by Crippen LogP contribution is -2.32. The number of nitrogens with one attached hydrogen (secondary N) is 2. The van der Waals surface area contributed by atoms with Gasteiger partial charge in [0.15, 0.2) is 5.94 Å². The first-order chi connectivity index (χ1) is 10.2. The summed E-state index contributed by atoms with van der Waals surface area (Å²) < 4.78 is 35.9. The lowest BCUT2D eigenvalue weighted by atomic mass is 10.1. The van der Waals surface area contributed by atoms with E-state index in [1.165, 1.54) is 0 Å². The molecule has 0 heterocycles. The summed E-state index contributed by atoms with van der Waals surface area (Å²) in [6.07, 6.45) is 0.358. The molecule has 8 heteroatoms. The molecular formula is C14H30N2O5S. The van der Waals surface area contributed by atoms with Gasteiger partial charge in [-0.15, -0.1) is 0 Å². The van der Waals surface area contributed by atoms with E-state index in [0.29, 0.717) is 32.2 Å². The van der Waals surface area contributed by atoms with Crippen molar-refractivity contribution in [3.05, 3.63) is 0 Å². The fourth-order valence-corrected chi connectivity index (χ4v) is 2.28. The largest absolute Gasteiger partial charge is 0.380 e. The number of hydrogen-bond donors (Lipinski definition) is 2. The molecule has 0 radical (unpaired) electrons. The number of carbonyl (C=O) groups excluding carboxylic acids is 1. The minimum Gasteiger partial charge on any atom is -0.380 e. The summed E-state index contributed by atoms with van der Waals surface area (Å²) in [4.78, 5) is 11.3. The molecule has 0 saturated carbocycles. The highest BCUT2D eigenvalue weighted by Crippen LogP contribution is 1.98. The van der Waals surface area contributed by atoms with Crippen LogP contribution in [0.2, 0.25) is 0 Å². The van der Waals surface area contributed by atoms with Crippen molar-refractivity contribution < 1.29 is 22.7 Å². The number of ketones is 1. The second-order valence-corrected chi connectivity index (χ2v) is 7.38. The van der Waals surface area contributed by atoms with Gasteiger partial charge in [0, 0.05) is 31.5 Å². The minimum absolute atomic E-state index is 0.00411. The van der Waals surface area contributed by atoms with Crippen molar-refractivity contribution in [2.24, 2.45) is 5.92 Å². The van der Waals surface area contributed by atoms with Crippen LogP contribution in [0.1, 0.15) is 34.1 Å². The fourth-order valence-electron chi connectivity index (χ4n) is 1.46. The topological polar surface area (TPSA) is 93.7 Å². The third-order valence-electron chi connectivity index (χ3n) is 2.74. The molecule has 0 atom stereocenters. The Morgan fingerprint density at radius 2 is 1.64 bits per heavy atom. The van der Waals surface area contributed by atoms with Gasteiger partial charge in [0.2, 0.25) is 10.0 Å². The van der Waals surface area contributed by atoms with Gasteiger partial charge in [-0.25, -0.2) is 13.1 Å². The van der Waals surface area contributed by atoms with E-state index in [1.807, 2.05) is 27.7 Å². The van der Waals surface area contributed by atoms with Gasteiger partial charge in [0.05, 0.1) is 19.8 Å². The molecule has 0 unspecified atom stereocenters. The van der Waals surface area contributed by atoms with Crippen molar-refractivity contribution in [3.63, 3.8) is 0 Å². The average molecular weight is 338 g/mol. The molecule has 132 valence electrons. The van der Waals surface area contributed by atoms with E-state index in [1.54, 1.807) is 0 Å². The molecular weight excluding hydrogens is 308 g/mol. The quantitative estimate of drug-likeness (QED) is 0.448. The summed E-state index contributed by atoms with van der Waals surface area (Å²) in [5, 5.41) is 3.13. The Hall–Kier alpha value is -0.540. The Kier molecular flexibility index (Phi) is 11.7. The van der Waals surface area contributed by atoms with Gasteiger partial charge in [-0.2, -0.15) is 0 Å². The Bertz CT molecular complexity index is 396. The molecule has 0 aromatic carbocycles. The molecule has 0 bridgehead atoms. The van der Waals surface area contributed by atoms with Gasteiger partial charge < -0.3 is 14.8 Å². The maximum atomic E-state index is 11.6. The average Bonchev–Trinajstić information content (AvgIpc) is 2.41. The molecule has 0 aromatic heterocycles. The lowest BCUT2D eigenvalue weighted by Gasteiger charge is -2.10. The number of Topliss-reactive ketones (excluding diaryl/α,β-unsaturated/α-hetero) is 1. The zero-order chi connectivity index (χ0) is 17.0. The van der Waals surface area contributed by atoms with Gasteiger partial charge in [0.1, 0.15) is 5.78 Å². The highest BCUT2D eigenvalue weighted by atomic mass is 32.2. The molecule has 7 nitrogen and oxygen atoms in total. The number of hydrogen-bond acceptors (Lipinski definition) is 6. The van der Waals surface area contributed by atoms with Crippen LogP contribution in [0.15, 0.2) is 0 Å². The van der Waals surface area contributed by atoms with Crippen molar-refractivity contribution in [3.8, 4) is 0 Å². The molecule has 0 spiro atoms. The zero-order valence-electron chi connectivity index (χ0n) is 14.1. The second-order valence-electron chi connectivity index (χ2n) is 5.63.